The van der Waals surface area contributed by atoms with Crippen LogP contribution in [0, 0.1) is 10.1 Å². The third-order valence-corrected chi connectivity index (χ3v) is 4.55. The van der Waals surface area contributed by atoms with Gasteiger partial charge in [-0.2, -0.15) is 15.0 Å². The number of para-hydroxylation sites is 1. The van der Waals surface area contributed by atoms with Gasteiger partial charge in [0.15, 0.2) is 0 Å². The van der Waals surface area contributed by atoms with Crippen molar-refractivity contribution in [1.29, 1.82) is 0 Å². The van der Waals surface area contributed by atoms with Gasteiger partial charge >= 0.3 is 0 Å². The van der Waals surface area contributed by atoms with Crippen molar-refractivity contribution in [3.63, 3.8) is 0 Å². The monoisotopic (exact) mass is 421 g/mol. The second-order valence-electron chi connectivity index (χ2n) is 6.65. The van der Waals surface area contributed by atoms with Gasteiger partial charge in [-0.25, -0.2) is 0 Å². The number of carbonyl (C=O) groups excluding carboxylic acids is 1. The molecule has 0 amide bonds. The number of ether oxygens (including phenoxy) is 1. The molecular weight excluding hydrogens is 402 g/mol. The Bertz CT molecular complexity index is 1090. The molecule has 0 atom stereocenters. The van der Waals surface area contributed by atoms with Gasteiger partial charge in [-0.05, 0) is 24.3 Å². The van der Waals surface area contributed by atoms with Gasteiger partial charge in [0.05, 0.1) is 18.1 Å². The number of benzene rings is 2. The summed E-state index contributed by atoms with van der Waals surface area (Å²) in [5.41, 5.74) is 0.901. The molecular formula is C20H19N7O4. The maximum absolute atomic E-state index is 11.5. The van der Waals surface area contributed by atoms with Crippen molar-refractivity contribution in [2.45, 2.75) is 0 Å². The lowest BCUT2D eigenvalue weighted by Gasteiger charge is -2.27. The first-order valence-corrected chi connectivity index (χ1v) is 9.54. The Morgan fingerprint density at radius 2 is 1.71 bits per heavy atom. The van der Waals surface area contributed by atoms with Crippen LogP contribution in [0.1, 0.15) is 10.4 Å². The topological polar surface area (TPSA) is 135 Å². The molecule has 1 aliphatic rings. The third-order valence-electron chi connectivity index (χ3n) is 4.55. The molecule has 0 bridgehead atoms. The van der Waals surface area contributed by atoms with E-state index >= 15 is 0 Å². The van der Waals surface area contributed by atoms with Crippen LogP contribution >= 0.6 is 0 Å². The van der Waals surface area contributed by atoms with E-state index in [1.807, 2.05) is 35.2 Å². The fraction of sp³-hybridized carbons (Fsp3) is 0.200. The summed E-state index contributed by atoms with van der Waals surface area (Å²) in [6.07, 6.45) is 0.554. The van der Waals surface area contributed by atoms with Crippen molar-refractivity contribution >= 4 is 41.2 Å². The van der Waals surface area contributed by atoms with Crippen LogP contribution in [0.25, 0.3) is 0 Å². The van der Waals surface area contributed by atoms with Gasteiger partial charge in [0.2, 0.25) is 17.8 Å². The first-order valence-electron chi connectivity index (χ1n) is 9.54. The minimum atomic E-state index is -0.567. The quantitative estimate of drug-likeness (QED) is 0.333. The molecule has 1 aliphatic heterocycles. The zero-order valence-corrected chi connectivity index (χ0v) is 16.4. The lowest BCUT2D eigenvalue weighted by atomic mass is 10.2. The van der Waals surface area contributed by atoms with E-state index in [4.69, 9.17) is 4.74 Å². The molecule has 158 valence electrons. The molecule has 0 saturated carbocycles. The number of carbonyl (C=O) groups is 1. The molecule has 0 spiro atoms. The number of morpholine rings is 1. The maximum Gasteiger partial charge on any atom is 0.293 e. The van der Waals surface area contributed by atoms with E-state index in [1.165, 1.54) is 18.2 Å². The van der Waals surface area contributed by atoms with Crippen LogP contribution in [0.15, 0.2) is 48.5 Å². The average molecular weight is 421 g/mol. The molecule has 11 nitrogen and oxygen atoms in total. The van der Waals surface area contributed by atoms with Crippen molar-refractivity contribution in [1.82, 2.24) is 15.0 Å². The number of hydrogen-bond acceptors (Lipinski definition) is 10. The SMILES string of the molecule is O=Cc1ccc(Nc2nc(Nc3ccccc3)nc(N3CCOCC3)n2)c([N+](=O)[O-])c1. The molecule has 2 aromatic carbocycles. The van der Waals surface area contributed by atoms with Crippen LogP contribution in [0.4, 0.5) is 34.9 Å². The fourth-order valence-corrected chi connectivity index (χ4v) is 3.03. The van der Waals surface area contributed by atoms with Crippen LogP contribution in [-0.2, 0) is 4.74 Å². The predicted octanol–water partition coefficient (Wildman–Crippen LogP) is 2.92. The van der Waals surface area contributed by atoms with Crippen LogP contribution < -0.4 is 15.5 Å². The molecule has 11 heteroatoms. The summed E-state index contributed by atoms with van der Waals surface area (Å²) in [5.74, 6) is 0.848. The van der Waals surface area contributed by atoms with E-state index in [2.05, 4.69) is 25.6 Å². The summed E-state index contributed by atoms with van der Waals surface area (Å²) in [7, 11) is 0. The standard InChI is InChI=1S/C20H19N7O4/c28-13-14-6-7-16(17(12-14)27(29)30)22-19-23-18(21-15-4-2-1-3-5-15)24-20(25-19)26-8-10-31-11-9-26/h1-7,12-13H,8-11H2,(H2,21,22,23,24,25). The Kier molecular flexibility index (Phi) is 5.94. The van der Waals surface area contributed by atoms with E-state index in [1.54, 1.807) is 0 Å². The van der Waals surface area contributed by atoms with Gasteiger partial charge in [0.1, 0.15) is 12.0 Å². The normalized spacial score (nSPS) is 13.5. The molecule has 1 fully saturated rings. The predicted molar refractivity (Wildman–Crippen MR) is 114 cm³/mol. The number of aromatic nitrogens is 3. The number of rotatable bonds is 7. The van der Waals surface area contributed by atoms with Crippen molar-refractivity contribution in [3.8, 4) is 0 Å². The molecule has 31 heavy (non-hydrogen) atoms. The van der Waals surface area contributed by atoms with E-state index < -0.39 is 4.92 Å². The van der Waals surface area contributed by atoms with Crippen LogP contribution in [-0.4, -0.2) is 52.5 Å². The van der Waals surface area contributed by atoms with Crippen molar-refractivity contribution in [2.24, 2.45) is 0 Å². The first kappa shape index (κ1) is 20.2. The van der Waals surface area contributed by atoms with Crippen molar-refractivity contribution in [2.75, 3.05) is 41.8 Å². The lowest BCUT2D eigenvalue weighted by Crippen LogP contribution is -2.37. The van der Waals surface area contributed by atoms with Gasteiger partial charge < -0.3 is 20.3 Å². The third kappa shape index (κ3) is 4.90. The van der Waals surface area contributed by atoms with E-state index in [9.17, 15) is 14.9 Å². The second kappa shape index (κ2) is 9.13. The summed E-state index contributed by atoms with van der Waals surface area (Å²) in [5, 5.41) is 17.5. The van der Waals surface area contributed by atoms with Gasteiger partial charge in [-0.1, -0.05) is 18.2 Å². The average Bonchev–Trinajstić information content (AvgIpc) is 2.80. The Balaban J connectivity index is 1.70. The smallest absolute Gasteiger partial charge is 0.293 e. The molecule has 1 saturated heterocycles. The molecule has 4 rings (SSSR count). The molecule has 0 aliphatic carbocycles. The van der Waals surface area contributed by atoms with Crippen molar-refractivity contribution < 1.29 is 14.5 Å². The minimum Gasteiger partial charge on any atom is -0.378 e. The highest BCUT2D eigenvalue weighted by Crippen LogP contribution is 2.28. The number of anilines is 5. The fourth-order valence-electron chi connectivity index (χ4n) is 3.03. The number of nitro benzene ring substituents is 1. The molecule has 2 heterocycles. The number of nitrogens with one attached hydrogen (secondary N) is 2. The van der Waals surface area contributed by atoms with E-state index in [0.717, 1.165) is 5.69 Å². The lowest BCUT2D eigenvalue weighted by molar-refractivity contribution is -0.383. The Labute approximate surface area is 177 Å². The van der Waals surface area contributed by atoms with E-state index in [0.29, 0.717) is 38.5 Å². The highest BCUT2D eigenvalue weighted by atomic mass is 16.6. The highest BCUT2D eigenvalue weighted by Gasteiger charge is 2.20. The first-order chi connectivity index (χ1) is 15.1. The molecule has 0 unspecified atom stereocenters. The van der Waals surface area contributed by atoms with Crippen molar-refractivity contribution in [3.05, 3.63) is 64.2 Å². The van der Waals surface area contributed by atoms with Gasteiger partial charge in [-0.3, -0.25) is 14.9 Å². The number of nitro groups is 1. The molecule has 3 aromatic rings. The number of aldehydes is 1. The Morgan fingerprint density at radius 3 is 2.39 bits per heavy atom. The molecule has 1 aromatic heterocycles. The summed E-state index contributed by atoms with van der Waals surface area (Å²) >= 11 is 0. The summed E-state index contributed by atoms with van der Waals surface area (Å²) in [4.78, 5) is 37.1. The zero-order valence-electron chi connectivity index (χ0n) is 16.4. The number of nitrogens with zero attached hydrogens (tertiary/aromatic N) is 5. The van der Waals surface area contributed by atoms with Crippen LogP contribution in [0.2, 0.25) is 0 Å². The summed E-state index contributed by atoms with van der Waals surface area (Å²) in [6.45, 7) is 2.33. The molecule has 0 radical (unpaired) electrons. The van der Waals surface area contributed by atoms with Gasteiger partial charge in [-0.15, -0.1) is 0 Å². The zero-order chi connectivity index (χ0) is 21.6. The van der Waals surface area contributed by atoms with Gasteiger partial charge in [0.25, 0.3) is 5.69 Å². The largest absolute Gasteiger partial charge is 0.378 e. The Hall–Kier alpha value is -4.12. The number of hydrogen-bond donors (Lipinski definition) is 2. The van der Waals surface area contributed by atoms with Crippen LogP contribution in [0.3, 0.4) is 0 Å². The van der Waals surface area contributed by atoms with E-state index in [-0.39, 0.29) is 28.8 Å². The minimum absolute atomic E-state index is 0.136. The highest BCUT2D eigenvalue weighted by molar-refractivity contribution is 5.80. The van der Waals surface area contributed by atoms with Crippen LogP contribution in [0.5, 0.6) is 0 Å². The summed E-state index contributed by atoms with van der Waals surface area (Å²) in [6, 6.07) is 13.5. The summed E-state index contributed by atoms with van der Waals surface area (Å²) < 4.78 is 5.39. The van der Waals surface area contributed by atoms with Gasteiger partial charge in [0, 0.05) is 30.4 Å². The maximum atomic E-state index is 11.5. The second-order valence-corrected chi connectivity index (χ2v) is 6.65. The Morgan fingerprint density at radius 1 is 1.00 bits per heavy atom. The molecule has 2 N–H and O–H groups in total.